The van der Waals surface area contributed by atoms with E-state index in [9.17, 15) is 4.79 Å². The molecule has 4 heterocycles. The highest BCUT2D eigenvalue weighted by Crippen LogP contribution is 2.34. The van der Waals surface area contributed by atoms with Crippen LogP contribution in [0.4, 0.5) is 11.7 Å². The van der Waals surface area contributed by atoms with Crippen molar-refractivity contribution in [3.8, 4) is 17.1 Å². The molecule has 5 aromatic rings. The number of ether oxygens (including phenoxy) is 1. The average molecular weight is 546 g/mol. The number of nitrogens with zero attached hydrogens (tertiary/aromatic N) is 6. The van der Waals surface area contributed by atoms with Crippen LogP contribution >= 0.6 is 0 Å². The Morgan fingerprint density at radius 3 is 2.54 bits per heavy atom. The number of ketones is 1. The first-order valence-electron chi connectivity index (χ1n) is 13.5. The largest absolute Gasteiger partial charge is 0.403 e. The van der Waals surface area contributed by atoms with Gasteiger partial charge in [-0.25, -0.2) is 4.68 Å². The van der Waals surface area contributed by atoms with E-state index in [2.05, 4.69) is 31.6 Å². The Kier molecular flexibility index (Phi) is 6.58. The van der Waals surface area contributed by atoms with Crippen LogP contribution in [0.5, 0.6) is 0 Å². The molecule has 41 heavy (non-hydrogen) atoms. The van der Waals surface area contributed by atoms with Gasteiger partial charge in [0.15, 0.2) is 11.9 Å². The third kappa shape index (κ3) is 5.01. The summed E-state index contributed by atoms with van der Waals surface area (Å²) in [5.41, 5.74) is 6.20. The van der Waals surface area contributed by atoms with Gasteiger partial charge in [-0.15, -0.1) is 5.10 Å². The number of benzene rings is 3. The molecule has 7 rings (SSSR count). The van der Waals surface area contributed by atoms with Crippen LogP contribution in [0.15, 0.2) is 101 Å². The van der Waals surface area contributed by atoms with Gasteiger partial charge in [-0.2, -0.15) is 5.10 Å². The molecule has 2 aliphatic heterocycles. The maximum Gasteiger partial charge on any atom is 0.317 e. The lowest BCUT2D eigenvalue weighted by molar-refractivity contribution is -0.119. The molecule has 1 atom stereocenters. The Labute approximate surface area is 236 Å². The predicted molar refractivity (Wildman–Crippen MR) is 155 cm³/mol. The lowest BCUT2D eigenvalue weighted by Crippen LogP contribution is -2.36. The molecule has 0 amide bonds. The fourth-order valence-corrected chi connectivity index (χ4v) is 5.24. The Morgan fingerprint density at radius 1 is 0.878 bits per heavy atom. The summed E-state index contributed by atoms with van der Waals surface area (Å²) in [6.07, 6.45) is 3.01. The molecule has 0 saturated carbocycles. The second-order valence-electron chi connectivity index (χ2n) is 9.85. The Bertz CT molecular complexity index is 1710. The molecule has 0 aliphatic carbocycles. The molecule has 1 N–H and O–H groups in total. The number of hydrogen-bond acceptors (Lipinski definition) is 9. The quantitative estimate of drug-likeness (QED) is 0.339. The van der Waals surface area contributed by atoms with Gasteiger partial charge < -0.3 is 19.4 Å². The van der Waals surface area contributed by atoms with Crippen molar-refractivity contribution in [1.82, 2.24) is 20.0 Å². The highest BCUT2D eigenvalue weighted by Gasteiger charge is 2.28. The highest BCUT2D eigenvalue weighted by atomic mass is 16.5. The molecule has 2 aliphatic rings. The van der Waals surface area contributed by atoms with Gasteiger partial charge >= 0.3 is 6.01 Å². The number of aromatic nitrogens is 4. The van der Waals surface area contributed by atoms with E-state index in [1.807, 2.05) is 83.7 Å². The van der Waals surface area contributed by atoms with Crippen molar-refractivity contribution in [1.29, 1.82) is 0 Å². The first-order valence-corrected chi connectivity index (χ1v) is 13.5. The first kappa shape index (κ1) is 24.9. The van der Waals surface area contributed by atoms with E-state index >= 15 is 0 Å². The van der Waals surface area contributed by atoms with Gasteiger partial charge in [0, 0.05) is 43.0 Å². The van der Waals surface area contributed by atoms with Gasteiger partial charge in [-0.3, -0.25) is 9.79 Å². The predicted octanol–water partition coefficient (Wildman–Crippen LogP) is 4.16. The Balaban J connectivity index is 1.22. The van der Waals surface area contributed by atoms with E-state index in [0.717, 1.165) is 52.4 Å². The van der Waals surface area contributed by atoms with Crippen LogP contribution in [0.3, 0.4) is 0 Å². The average Bonchev–Trinajstić information content (AvgIpc) is 3.71. The van der Waals surface area contributed by atoms with Crippen molar-refractivity contribution in [3.63, 3.8) is 0 Å². The second-order valence-corrected chi connectivity index (χ2v) is 9.85. The fraction of sp³-hybridized carbons (Fsp3) is 0.194. The Morgan fingerprint density at radius 2 is 1.71 bits per heavy atom. The number of Topliss-reactive ketones (excluding diaryl/α,β-unsaturated/α-hetero) is 1. The van der Waals surface area contributed by atoms with Crippen molar-refractivity contribution < 1.29 is 13.9 Å². The van der Waals surface area contributed by atoms with Crippen LogP contribution in [0.1, 0.15) is 16.7 Å². The molecular weight excluding hydrogens is 518 g/mol. The third-order valence-corrected chi connectivity index (χ3v) is 7.27. The van der Waals surface area contributed by atoms with Gasteiger partial charge in [0.1, 0.15) is 0 Å². The monoisotopic (exact) mass is 545 g/mol. The van der Waals surface area contributed by atoms with E-state index in [0.29, 0.717) is 19.1 Å². The minimum Gasteiger partial charge on any atom is -0.403 e. The molecule has 3 aromatic carbocycles. The van der Waals surface area contributed by atoms with E-state index in [1.54, 1.807) is 6.20 Å². The molecule has 204 valence electrons. The first-order chi connectivity index (χ1) is 20.2. The summed E-state index contributed by atoms with van der Waals surface area (Å²) < 4.78 is 13.5. The van der Waals surface area contributed by atoms with Crippen LogP contribution in [-0.2, 0) is 16.0 Å². The summed E-state index contributed by atoms with van der Waals surface area (Å²) in [7, 11) is 0. The van der Waals surface area contributed by atoms with Crippen LogP contribution in [-0.4, -0.2) is 63.9 Å². The van der Waals surface area contributed by atoms with E-state index in [4.69, 9.17) is 14.1 Å². The Hall–Kier alpha value is -5.09. The highest BCUT2D eigenvalue weighted by molar-refractivity contribution is 6.16. The number of fused-ring (bicyclic) bond motifs is 1. The molecule has 1 saturated heterocycles. The molecule has 10 heteroatoms. The van der Waals surface area contributed by atoms with Crippen molar-refractivity contribution in [2.24, 2.45) is 4.99 Å². The normalized spacial score (nSPS) is 17.1. The minimum atomic E-state index is -0.883. The smallest absolute Gasteiger partial charge is 0.317 e. The minimum absolute atomic E-state index is 0.0827. The second kappa shape index (κ2) is 10.8. The number of anilines is 2. The summed E-state index contributed by atoms with van der Waals surface area (Å²) >= 11 is 0. The van der Waals surface area contributed by atoms with Gasteiger partial charge in [-0.1, -0.05) is 59.7 Å². The summed E-state index contributed by atoms with van der Waals surface area (Å²) in [5.74, 6) is 0.262. The number of morpholine rings is 1. The fourth-order valence-electron chi connectivity index (χ4n) is 5.24. The number of rotatable bonds is 6. The number of hydrogen-bond donors (Lipinski definition) is 1. The van der Waals surface area contributed by atoms with Crippen molar-refractivity contribution in [2.45, 2.75) is 12.6 Å². The zero-order valence-electron chi connectivity index (χ0n) is 22.2. The zero-order chi connectivity index (χ0) is 27.6. The van der Waals surface area contributed by atoms with Crippen molar-refractivity contribution in [2.75, 3.05) is 36.5 Å². The van der Waals surface area contributed by atoms with E-state index in [1.165, 1.54) is 0 Å². The maximum atomic E-state index is 13.4. The summed E-state index contributed by atoms with van der Waals surface area (Å²) in [6.45, 7) is 2.75. The molecule has 10 nitrogen and oxygen atoms in total. The summed E-state index contributed by atoms with van der Waals surface area (Å²) in [5, 5.41) is 16.1. The van der Waals surface area contributed by atoms with Gasteiger partial charge in [-0.05, 0) is 29.8 Å². The molecule has 0 spiro atoms. The molecule has 2 aromatic heterocycles. The van der Waals surface area contributed by atoms with Crippen LogP contribution in [0, 0.1) is 0 Å². The lowest BCUT2D eigenvalue weighted by atomic mass is 9.96. The molecule has 1 unspecified atom stereocenters. The van der Waals surface area contributed by atoms with Crippen LogP contribution in [0.25, 0.3) is 17.1 Å². The standard InChI is InChI=1S/C31H27N7O3/c39-27-19-22-9-4-5-10-24(22)28(21-7-2-1-3-8-21)33-29(27)34-31-36-35-30(41-31)25-12-11-23(38-14-6-13-32-38)20-26(25)37-15-17-40-18-16-37/h1-14,20,29H,15-19H2,(H,34,36). The van der Waals surface area contributed by atoms with E-state index < -0.39 is 6.17 Å². The number of carbonyl (C=O) groups is 1. The van der Waals surface area contributed by atoms with Crippen molar-refractivity contribution in [3.05, 3.63) is 108 Å². The molecule has 0 radical (unpaired) electrons. The van der Waals surface area contributed by atoms with Crippen molar-refractivity contribution >= 4 is 23.2 Å². The molecule has 0 bridgehead atoms. The van der Waals surface area contributed by atoms with Gasteiger partial charge in [0.05, 0.1) is 35.9 Å². The lowest BCUT2D eigenvalue weighted by Gasteiger charge is -2.30. The molecular formula is C31H27N7O3. The van der Waals surface area contributed by atoms with Gasteiger partial charge in [0.25, 0.3) is 5.89 Å². The summed E-state index contributed by atoms with van der Waals surface area (Å²) in [4.78, 5) is 20.5. The van der Waals surface area contributed by atoms with Crippen LogP contribution in [0.2, 0.25) is 0 Å². The van der Waals surface area contributed by atoms with E-state index in [-0.39, 0.29) is 18.2 Å². The van der Waals surface area contributed by atoms with Crippen LogP contribution < -0.4 is 10.2 Å². The summed E-state index contributed by atoms with van der Waals surface area (Å²) in [6, 6.07) is 25.7. The zero-order valence-corrected chi connectivity index (χ0v) is 22.2. The number of nitrogens with one attached hydrogen (secondary N) is 1. The topological polar surface area (TPSA) is 111 Å². The third-order valence-electron chi connectivity index (χ3n) is 7.27. The number of aliphatic imine (C=N–C) groups is 1. The van der Waals surface area contributed by atoms with Gasteiger partial charge in [0.2, 0.25) is 0 Å². The molecule has 1 fully saturated rings. The SMILES string of the molecule is O=C1Cc2ccccc2C(c2ccccc2)=NC1Nc1nnc(-c2ccc(-n3cccn3)cc2N2CCOCC2)o1. The number of carbonyl (C=O) groups excluding carboxylic acids is 1. The maximum absolute atomic E-state index is 13.4.